The van der Waals surface area contributed by atoms with Crippen LogP contribution in [0.2, 0.25) is 0 Å². The predicted octanol–water partition coefficient (Wildman–Crippen LogP) is 2.81. The highest BCUT2D eigenvalue weighted by molar-refractivity contribution is 6.37. The molecule has 0 unspecified atom stereocenters. The van der Waals surface area contributed by atoms with E-state index in [1.165, 1.54) is 12.3 Å². The molecule has 0 bridgehead atoms. The second kappa shape index (κ2) is 8.67. The molecule has 3 rings (SSSR count). The summed E-state index contributed by atoms with van der Waals surface area (Å²) in [7, 11) is 0. The molecular formula is C20H15F2N7. The van der Waals surface area contributed by atoms with Gasteiger partial charge >= 0.3 is 0 Å². The van der Waals surface area contributed by atoms with Crippen LogP contribution < -0.4 is 11.6 Å². The minimum Gasteiger partial charge on any atom is -0.368 e. The lowest BCUT2D eigenvalue weighted by atomic mass is 10.1. The Kier molecular flexibility index (Phi) is 5.85. The maximum absolute atomic E-state index is 13.7. The number of anilines is 1. The minimum absolute atomic E-state index is 0.0148. The van der Waals surface area contributed by atoms with Gasteiger partial charge in [-0.05, 0) is 24.3 Å². The highest BCUT2D eigenvalue weighted by Gasteiger charge is 2.10. The number of nitrogen functional groups attached to an aromatic ring is 1. The number of hydrazone groups is 1. The van der Waals surface area contributed by atoms with Gasteiger partial charge in [-0.15, -0.1) is 0 Å². The Bertz CT molecular complexity index is 1150. The first-order valence-electron chi connectivity index (χ1n) is 8.37. The van der Waals surface area contributed by atoms with Crippen LogP contribution in [0.25, 0.3) is 11.3 Å². The number of aliphatic imine (C=N–C) groups is 1. The molecule has 0 radical (unpaired) electrons. The Labute approximate surface area is 165 Å². The Balaban J connectivity index is 1.87. The molecule has 0 amide bonds. The number of halogens is 2. The molecule has 0 saturated heterocycles. The van der Waals surface area contributed by atoms with E-state index in [2.05, 4.69) is 26.1 Å². The monoisotopic (exact) mass is 391 g/mol. The first kappa shape index (κ1) is 19.6. The first-order valence-corrected chi connectivity index (χ1v) is 8.37. The minimum atomic E-state index is -0.695. The van der Waals surface area contributed by atoms with E-state index < -0.39 is 11.6 Å². The Hall–Kier alpha value is -4.19. The van der Waals surface area contributed by atoms with Gasteiger partial charge in [-0.3, -0.25) is 4.99 Å². The number of hydrogen-bond donors (Lipinski definition) is 2. The van der Waals surface area contributed by atoms with Gasteiger partial charge in [0.15, 0.2) is 0 Å². The SMILES string of the molecule is N#Cc1cccc(-c2cc(C(C=NCc3ccc(F)cc3F)=NN)nc(N)n2)c1. The smallest absolute Gasteiger partial charge is 0.221 e. The number of rotatable bonds is 5. The fourth-order valence-corrected chi connectivity index (χ4v) is 2.54. The van der Waals surface area contributed by atoms with E-state index in [-0.39, 0.29) is 23.8 Å². The lowest BCUT2D eigenvalue weighted by Gasteiger charge is -2.06. The topological polar surface area (TPSA) is 126 Å². The summed E-state index contributed by atoms with van der Waals surface area (Å²) in [6, 6.07) is 13.7. The van der Waals surface area contributed by atoms with E-state index >= 15 is 0 Å². The van der Waals surface area contributed by atoms with E-state index in [0.717, 1.165) is 12.1 Å². The number of benzene rings is 2. The van der Waals surface area contributed by atoms with Crippen molar-refractivity contribution in [1.29, 1.82) is 5.26 Å². The first-order chi connectivity index (χ1) is 14.0. The maximum Gasteiger partial charge on any atom is 0.221 e. The van der Waals surface area contributed by atoms with Crippen LogP contribution >= 0.6 is 0 Å². The summed E-state index contributed by atoms with van der Waals surface area (Å²) in [4.78, 5) is 12.4. The van der Waals surface area contributed by atoms with Crippen molar-refractivity contribution < 1.29 is 8.78 Å². The van der Waals surface area contributed by atoms with E-state index in [1.54, 1.807) is 30.3 Å². The zero-order valence-corrected chi connectivity index (χ0v) is 15.0. The van der Waals surface area contributed by atoms with Gasteiger partial charge < -0.3 is 11.6 Å². The molecule has 0 spiro atoms. The third-order valence-corrected chi connectivity index (χ3v) is 3.92. The summed E-state index contributed by atoms with van der Waals surface area (Å²) in [5, 5.41) is 12.7. The van der Waals surface area contributed by atoms with Crippen LogP contribution in [-0.4, -0.2) is 21.9 Å². The van der Waals surface area contributed by atoms with Gasteiger partial charge in [0.05, 0.1) is 35.8 Å². The van der Waals surface area contributed by atoms with Crippen molar-refractivity contribution in [3.8, 4) is 17.3 Å². The van der Waals surface area contributed by atoms with Gasteiger partial charge in [0.2, 0.25) is 5.95 Å². The van der Waals surface area contributed by atoms with Crippen molar-refractivity contribution in [1.82, 2.24) is 9.97 Å². The van der Waals surface area contributed by atoms with Crippen LogP contribution in [0, 0.1) is 23.0 Å². The molecule has 144 valence electrons. The van der Waals surface area contributed by atoms with Gasteiger partial charge in [-0.1, -0.05) is 18.2 Å². The quantitative estimate of drug-likeness (QED) is 0.393. The number of hydrogen-bond acceptors (Lipinski definition) is 7. The summed E-state index contributed by atoms with van der Waals surface area (Å²) < 4.78 is 26.7. The molecule has 1 heterocycles. The number of nitrogens with zero attached hydrogens (tertiary/aromatic N) is 5. The second-order valence-electron chi connectivity index (χ2n) is 5.91. The molecule has 0 aliphatic carbocycles. The molecule has 9 heteroatoms. The van der Waals surface area contributed by atoms with Crippen LogP contribution in [0.1, 0.15) is 16.8 Å². The summed E-state index contributed by atoms with van der Waals surface area (Å²) in [6.07, 6.45) is 1.32. The zero-order valence-electron chi connectivity index (χ0n) is 15.0. The molecule has 2 aromatic carbocycles. The molecule has 0 aliphatic heterocycles. The van der Waals surface area contributed by atoms with Gasteiger partial charge in [0.25, 0.3) is 0 Å². The highest BCUT2D eigenvalue weighted by atomic mass is 19.1. The summed E-state index contributed by atoms with van der Waals surface area (Å²) >= 11 is 0. The van der Waals surface area contributed by atoms with Crippen molar-refractivity contribution in [2.45, 2.75) is 6.54 Å². The Morgan fingerprint density at radius 2 is 1.97 bits per heavy atom. The van der Waals surface area contributed by atoms with Gasteiger partial charge in [-0.25, -0.2) is 18.7 Å². The molecule has 4 N–H and O–H groups in total. The summed E-state index contributed by atoms with van der Waals surface area (Å²) in [5.74, 6) is 4.07. The molecule has 0 aliphatic rings. The molecule has 0 fully saturated rings. The van der Waals surface area contributed by atoms with Crippen LogP contribution in [0.15, 0.2) is 58.6 Å². The summed E-state index contributed by atoms with van der Waals surface area (Å²) in [6.45, 7) is -0.0389. The van der Waals surface area contributed by atoms with Crippen molar-refractivity contribution >= 4 is 17.9 Å². The average molecular weight is 391 g/mol. The van der Waals surface area contributed by atoms with Crippen molar-refractivity contribution in [3.63, 3.8) is 0 Å². The predicted molar refractivity (Wildman–Crippen MR) is 106 cm³/mol. The number of aromatic nitrogens is 2. The zero-order chi connectivity index (χ0) is 20.8. The Morgan fingerprint density at radius 3 is 2.69 bits per heavy atom. The van der Waals surface area contributed by atoms with Crippen molar-refractivity contribution in [2.24, 2.45) is 15.9 Å². The maximum atomic E-state index is 13.7. The van der Waals surface area contributed by atoms with Gasteiger partial charge in [0, 0.05) is 17.2 Å². The standard InChI is InChI=1S/C20H15F2N7/c21-15-5-4-14(16(22)7-15)10-26-11-19(29-25)18-8-17(27-20(24)28-18)13-3-1-2-12(6-13)9-23/h1-8,11H,10,25H2,(H2,24,27,28). The molecule has 1 aromatic heterocycles. The third-order valence-electron chi connectivity index (χ3n) is 3.92. The largest absolute Gasteiger partial charge is 0.368 e. The van der Waals surface area contributed by atoms with Crippen molar-refractivity contribution in [3.05, 3.63) is 77.0 Å². The fourth-order valence-electron chi connectivity index (χ4n) is 2.54. The highest BCUT2D eigenvalue weighted by Crippen LogP contribution is 2.20. The van der Waals surface area contributed by atoms with Crippen LogP contribution in [0.4, 0.5) is 14.7 Å². The third kappa shape index (κ3) is 4.75. The van der Waals surface area contributed by atoms with Gasteiger partial charge in [-0.2, -0.15) is 10.4 Å². The fraction of sp³-hybridized carbons (Fsp3) is 0.0500. The van der Waals surface area contributed by atoms with Crippen LogP contribution in [0.5, 0.6) is 0 Å². The molecule has 0 atom stereocenters. The van der Waals surface area contributed by atoms with Crippen LogP contribution in [0.3, 0.4) is 0 Å². The average Bonchev–Trinajstić information content (AvgIpc) is 2.72. The lowest BCUT2D eigenvalue weighted by Crippen LogP contribution is -2.11. The molecule has 7 nitrogen and oxygen atoms in total. The lowest BCUT2D eigenvalue weighted by molar-refractivity contribution is 0.573. The molecule has 29 heavy (non-hydrogen) atoms. The summed E-state index contributed by atoms with van der Waals surface area (Å²) in [5.41, 5.74) is 8.13. The van der Waals surface area contributed by atoms with Crippen molar-refractivity contribution in [2.75, 3.05) is 5.73 Å². The number of nitrogens with two attached hydrogens (primary N) is 2. The molecular weight excluding hydrogens is 376 g/mol. The Morgan fingerprint density at radius 1 is 1.14 bits per heavy atom. The van der Waals surface area contributed by atoms with E-state index in [0.29, 0.717) is 22.5 Å². The normalized spacial score (nSPS) is 11.6. The molecule has 0 saturated carbocycles. The van der Waals surface area contributed by atoms with E-state index in [9.17, 15) is 8.78 Å². The number of nitriles is 1. The van der Waals surface area contributed by atoms with Gasteiger partial charge in [0.1, 0.15) is 17.3 Å². The molecule has 3 aromatic rings. The second-order valence-corrected chi connectivity index (χ2v) is 5.91. The van der Waals surface area contributed by atoms with Crippen LogP contribution in [-0.2, 0) is 6.54 Å². The van der Waals surface area contributed by atoms with E-state index in [1.807, 2.05) is 0 Å². The van der Waals surface area contributed by atoms with E-state index in [4.69, 9.17) is 16.8 Å².